The molecule has 0 unspecified atom stereocenters. The van der Waals surface area contributed by atoms with Gasteiger partial charge in [0.05, 0.1) is 12.0 Å². The van der Waals surface area contributed by atoms with E-state index >= 15 is 0 Å². The summed E-state index contributed by atoms with van der Waals surface area (Å²) in [6.07, 6.45) is 7.97. The topological polar surface area (TPSA) is 96.2 Å². The predicted octanol–water partition coefficient (Wildman–Crippen LogP) is 5.81. The number of piperidine rings is 1. The molecule has 3 aromatic rings. The lowest BCUT2D eigenvalue weighted by atomic mass is 9.59. The van der Waals surface area contributed by atoms with Crippen molar-refractivity contribution in [3.05, 3.63) is 58.7 Å². The Morgan fingerprint density at radius 1 is 1.20 bits per heavy atom. The van der Waals surface area contributed by atoms with Gasteiger partial charge < -0.3 is 0 Å². The number of carbonyl (C=O) groups excluding carboxylic acids is 2. The number of benzene rings is 1. The number of aryl methyl sites for hydroxylation is 1. The van der Waals surface area contributed by atoms with Crippen molar-refractivity contribution in [2.75, 3.05) is 29.6 Å². The van der Waals surface area contributed by atoms with E-state index in [9.17, 15) is 9.59 Å². The Balaban J connectivity index is 1.37. The first-order valence-electron chi connectivity index (χ1n) is 14.2. The number of nitrogens with zero attached hydrogens (tertiary/aromatic N) is 6. The molecule has 4 heterocycles. The van der Waals surface area contributed by atoms with Gasteiger partial charge in [0, 0.05) is 30.6 Å². The number of hydrogen-bond acceptors (Lipinski definition) is 7. The van der Waals surface area contributed by atoms with Crippen LogP contribution in [-0.4, -0.2) is 55.3 Å². The molecular weight excluding hydrogens is 558 g/mol. The van der Waals surface area contributed by atoms with Crippen LogP contribution in [0, 0.1) is 11.8 Å². The third kappa shape index (κ3) is 5.37. The number of pyridine rings is 1. The first kappa shape index (κ1) is 28.2. The van der Waals surface area contributed by atoms with Gasteiger partial charge in [-0.2, -0.15) is 5.10 Å². The lowest BCUT2D eigenvalue weighted by Gasteiger charge is -2.45. The zero-order valence-electron chi connectivity index (χ0n) is 24.0. The van der Waals surface area contributed by atoms with Crippen LogP contribution < -0.4 is 10.2 Å². The minimum atomic E-state index is -0.732. The van der Waals surface area contributed by atoms with E-state index in [0.717, 1.165) is 65.4 Å². The third-order valence-electron chi connectivity index (χ3n) is 8.72. The van der Waals surface area contributed by atoms with Gasteiger partial charge in [-0.05, 0) is 103 Å². The quantitative estimate of drug-likeness (QED) is 0.210. The number of nitrogens with one attached hydrogen (secondary N) is 1. The Labute approximate surface area is 250 Å². The summed E-state index contributed by atoms with van der Waals surface area (Å²) in [5.41, 5.74) is 3.40. The highest BCUT2D eigenvalue weighted by atomic mass is 35.5. The van der Waals surface area contributed by atoms with Crippen molar-refractivity contribution in [2.24, 2.45) is 18.9 Å². The number of aromatic nitrogens is 4. The average Bonchev–Trinajstić information content (AvgIpc) is 3.49. The monoisotopic (exact) mass is 593 g/mol. The van der Waals surface area contributed by atoms with E-state index in [1.165, 1.54) is 12.8 Å². The first-order valence-corrected chi connectivity index (χ1v) is 15.8. The normalized spacial score (nSPS) is 24.3. The summed E-state index contributed by atoms with van der Waals surface area (Å²) in [6, 6.07) is 8.10. The molecule has 1 N–H and O–H groups in total. The van der Waals surface area contributed by atoms with E-state index in [0.29, 0.717) is 30.0 Å². The molecule has 41 heavy (non-hydrogen) atoms. The first-order chi connectivity index (χ1) is 19.6. The highest BCUT2D eigenvalue weighted by Crippen LogP contribution is 2.52. The van der Waals surface area contributed by atoms with E-state index in [4.69, 9.17) is 11.6 Å². The second-order valence-electron chi connectivity index (χ2n) is 12.0. The van der Waals surface area contributed by atoms with E-state index in [2.05, 4.69) is 57.5 Å². The molecule has 2 fully saturated rings. The Hall–Kier alpha value is -2.95. The number of fused-ring (bicyclic) bond motifs is 1. The molecule has 1 aliphatic carbocycles. The number of halogens is 1. The lowest BCUT2D eigenvalue weighted by Crippen LogP contribution is -2.42. The molecule has 2 aliphatic heterocycles. The summed E-state index contributed by atoms with van der Waals surface area (Å²) in [4.78, 5) is 40.5. The smallest absolute Gasteiger partial charge is 0.299 e. The molecule has 6 rings (SSSR count). The maximum absolute atomic E-state index is 14.0. The molecule has 0 bridgehead atoms. The maximum Gasteiger partial charge on any atom is 0.319 e. The van der Waals surface area contributed by atoms with Crippen LogP contribution in [0.15, 0.2) is 35.5 Å². The summed E-state index contributed by atoms with van der Waals surface area (Å²) < 4.78 is 1.70. The van der Waals surface area contributed by atoms with Crippen molar-refractivity contribution in [1.29, 1.82) is 0 Å². The van der Waals surface area contributed by atoms with Crippen molar-refractivity contribution in [1.82, 2.24) is 24.6 Å². The van der Waals surface area contributed by atoms with Gasteiger partial charge >= 0.3 is 5.37 Å². The highest BCUT2D eigenvalue weighted by molar-refractivity contribution is 7.98. The molecule has 0 spiro atoms. The van der Waals surface area contributed by atoms with E-state index in [1.54, 1.807) is 27.7 Å². The Bertz CT molecular complexity index is 1500. The van der Waals surface area contributed by atoms with Crippen LogP contribution in [0.2, 0.25) is 0 Å². The predicted molar refractivity (Wildman–Crippen MR) is 162 cm³/mol. The van der Waals surface area contributed by atoms with Crippen molar-refractivity contribution >= 4 is 46.3 Å². The van der Waals surface area contributed by atoms with Crippen LogP contribution in [0.25, 0.3) is 0 Å². The molecule has 1 saturated carbocycles. The summed E-state index contributed by atoms with van der Waals surface area (Å²) in [6.45, 7) is 7.95. The van der Waals surface area contributed by atoms with Gasteiger partial charge in [-0.3, -0.25) is 29.4 Å². The zero-order valence-corrected chi connectivity index (χ0v) is 25.6. The summed E-state index contributed by atoms with van der Waals surface area (Å²) in [7, 11) is 1.85. The molecule has 11 heteroatoms. The molecule has 1 saturated heterocycles. The number of thioether (sulfide) groups is 1. The largest absolute Gasteiger partial charge is 0.319 e. The van der Waals surface area contributed by atoms with Gasteiger partial charge in [-0.15, -0.1) is 11.8 Å². The Morgan fingerprint density at radius 3 is 2.66 bits per heavy atom. The Morgan fingerprint density at radius 2 is 2.00 bits per heavy atom. The molecule has 2 aromatic heterocycles. The lowest BCUT2D eigenvalue weighted by molar-refractivity contribution is 0.0995. The molecule has 1 atom stereocenters. The number of carbonyl (C=O) groups is 2. The number of amides is 2. The summed E-state index contributed by atoms with van der Waals surface area (Å²) in [5.74, 6) is 2.63. The maximum atomic E-state index is 14.0. The molecule has 2 amide bonds. The third-order valence-corrected chi connectivity index (χ3v) is 9.62. The molecular formula is C30H36ClN7O2S. The van der Waals surface area contributed by atoms with E-state index < -0.39 is 10.8 Å². The van der Waals surface area contributed by atoms with Gasteiger partial charge in [-0.1, -0.05) is 13.8 Å². The fraction of sp³-hybridized carbons (Fsp3) is 0.500. The van der Waals surface area contributed by atoms with Crippen LogP contribution in [-0.2, 0) is 25.6 Å². The highest BCUT2D eigenvalue weighted by Gasteiger charge is 2.48. The summed E-state index contributed by atoms with van der Waals surface area (Å²) in [5, 5.41) is 6.55. The SMILES string of the molecule is CSc1cc(CN2CCC[C@H](C)C2)cc2c1CN(c1cc(C3(c4ncn(C)n4)CC(C)C3)cc(NC(=O)Cl)n1)C2=O. The van der Waals surface area contributed by atoms with Gasteiger partial charge in [0.1, 0.15) is 18.0 Å². The van der Waals surface area contributed by atoms with Crippen LogP contribution in [0.5, 0.6) is 0 Å². The van der Waals surface area contributed by atoms with Gasteiger partial charge in [0.25, 0.3) is 5.91 Å². The average molecular weight is 594 g/mol. The minimum absolute atomic E-state index is 0.0797. The zero-order chi connectivity index (χ0) is 28.9. The number of anilines is 2. The van der Waals surface area contributed by atoms with Crippen molar-refractivity contribution < 1.29 is 9.59 Å². The molecule has 9 nitrogen and oxygen atoms in total. The standard InChI is InChI=1S/C30H36ClN7O2S/c1-18-6-5-7-37(14-18)15-20-8-22-23(24(9-20)41-4)16-38(27(22)39)26-11-21(10-25(33-26)34-29(31)40)30(12-19(2)13-30)28-32-17-36(3)35-28/h8-11,17-19H,5-7,12-16H2,1-4H3,(H,33,34,40)/t18-,19?,30?/m0/s1. The van der Waals surface area contributed by atoms with Gasteiger partial charge in [-0.25, -0.2) is 9.97 Å². The van der Waals surface area contributed by atoms with Crippen LogP contribution in [0.1, 0.15) is 72.4 Å². The second-order valence-corrected chi connectivity index (χ2v) is 13.2. The van der Waals surface area contributed by atoms with Gasteiger partial charge in [0.15, 0.2) is 5.82 Å². The van der Waals surface area contributed by atoms with Crippen LogP contribution in [0.4, 0.5) is 16.4 Å². The summed E-state index contributed by atoms with van der Waals surface area (Å²) >= 11 is 7.40. The van der Waals surface area contributed by atoms with Crippen LogP contribution >= 0.6 is 23.4 Å². The van der Waals surface area contributed by atoms with Crippen molar-refractivity contribution in [2.45, 2.75) is 62.9 Å². The fourth-order valence-corrected chi connectivity index (χ4v) is 7.70. The van der Waals surface area contributed by atoms with Crippen molar-refractivity contribution in [3.63, 3.8) is 0 Å². The van der Waals surface area contributed by atoms with Crippen molar-refractivity contribution in [3.8, 4) is 0 Å². The molecule has 3 aliphatic rings. The second kappa shape index (κ2) is 11.0. The van der Waals surface area contributed by atoms with Crippen LogP contribution in [0.3, 0.4) is 0 Å². The molecule has 0 radical (unpaired) electrons. The van der Waals surface area contributed by atoms with Gasteiger partial charge in [0.2, 0.25) is 0 Å². The fourth-order valence-electron chi connectivity index (χ4n) is 6.91. The minimum Gasteiger partial charge on any atom is -0.299 e. The number of likely N-dealkylation sites (tertiary alicyclic amines) is 1. The van der Waals surface area contributed by atoms with E-state index in [-0.39, 0.29) is 5.91 Å². The Kier molecular flexibility index (Phi) is 7.59. The number of rotatable bonds is 7. The van der Waals surface area contributed by atoms with E-state index in [1.807, 2.05) is 19.2 Å². The molecule has 1 aromatic carbocycles. The molecule has 216 valence electrons. The number of hydrogen-bond donors (Lipinski definition) is 1.